The lowest BCUT2D eigenvalue weighted by atomic mass is 10.0. The fraction of sp³-hybridized carbons (Fsp3) is 0.278. The molecular formula is C18H20N4O2. The van der Waals surface area contributed by atoms with Crippen LogP contribution in [-0.4, -0.2) is 23.5 Å². The highest BCUT2D eigenvalue weighted by Gasteiger charge is 2.29. The van der Waals surface area contributed by atoms with Gasteiger partial charge < -0.3 is 10.6 Å². The molecule has 2 aromatic rings. The molecule has 2 N–H and O–H groups in total. The number of anilines is 2. The summed E-state index contributed by atoms with van der Waals surface area (Å²) < 4.78 is 0. The van der Waals surface area contributed by atoms with E-state index in [-0.39, 0.29) is 24.5 Å². The van der Waals surface area contributed by atoms with E-state index in [1.165, 1.54) is 10.5 Å². The number of fused-ring (bicyclic) bond motifs is 1. The van der Waals surface area contributed by atoms with Gasteiger partial charge in [-0.3, -0.25) is 9.69 Å². The maximum Gasteiger partial charge on any atom is 0.324 e. The molecule has 1 atom stereocenters. The Hall–Kier alpha value is -2.89. The van der Waals surface area contributed by atoms with Crippen LogP contribution in [-0.2, 0) is 4.79 Å². The van der Waals surface area contributed by atoms with Gasteiger partial charge in [-0.05, 0) is 31.0 Å². The Morgan fingerprint density at radius 2 is 2.08 bits per heavy atom. The van der Waals surface area contributed by atoms with Crippen molar-refractivity contribution in [3.8, 4) is 0 Å². The normalized spacial score (nSPS) is 14.6. The average Bonchev–Trinajstić information content (AvgIpc) is 2.59. The second-order valence-electron chi connectivity index (χ2n) is 5.83. The lowest BCUT2D eigenvalue weighted by molar-refractivity contribution is -0.115. The zero-order valence-corrected chi connectivity index (χ0v) is 13.7. The first-order chi connectivity index (χ1) is 11.6. The summed E-state index contributed by atoms with van der Waals surface area (Å²) in [5.74, 6) is 0.238. The van der Waals surface area contributed by atoms with Gasteiger partial charge in [0, 0.05) is 6.20 Å². The molecule has 0 saturated carbocycles. The molecule has 0 bridgehead atoms. The van der Waals surface area contributed by atoms with E-state index < -0.39 is 0 Å². The van der Waals surface area contributed by atoms with Crippen LogP contribution >= 0.6 is 0 Å². The Morgan fingerprint density at radius 3 is 2.79 bits per heavy atom. The minimum atomic E-state index is -0.322. The minimum Gasteiger partial charge on any atom is -0.331 e. The third-order valence-corrected chi connectivity index (χ3v) is 4.05. The summed E-state index contributed by atoms with van der Waals surface area (Å²) in [6.07, 6.45) is 2.36. The van der Waals surface area contributed by atoms with Crippen molar-refractivity contribution in [2.45, 2.75) is 26.3 Å². The molecule has 24 heavy (non-hydrogen) atoms. The fourth-order valence-corrected chi connectivity index (χ4v) is 2.73. The molecule has 1 aromatic heterocycles. The highest BCUT2D eigenvalue weighted by Crippen LogP contribution is 2.27. The minimum absolute atomic E-state index is 0.0415. The van der Waals surface area contributed by atoms with E-state index in [9.17, 15) is 9.59 Å². The Balaban J connectivity index is 1.81. The maximum absolute atomic E-state index is 12.7. The molecule has 0 aliphatic carbocycles. The molecule has 2 heterocycles. The molecule has 1 aliphatic heterocycles. The van der Waals surface area contributed by atoms with Gasteiger partial charge in [0.05, 0.1) is 11.7 Å². The predicted molar refractivity (Wildman–Crippen MR) is 93.0 cm³/mol. The molecule has 0 spiro atoms. The van der Waals surface area contributed by atoms with Crippen LogP contribution in [0.3, 0.4) is 0 Å². The molecule has 1 unspecified atom stereocenters. The standard InChI is InChI=1S/C18H20N4O2/c1-3-14(13-8-6-12(2)7-9-13)21-18(24)22-11-16(23)20-15-5-4-10-19-17(15)22/h4-10,14H,3,11H2,1-2H3,(H,20,23)(H,21,24). The zero-order valence-electron chi connectivity index (χ0n) is 13.7. The number of amides is 3. The molecule has 6 heteroatoms. The van der Waals surface area contributed by atoms with E-state index >= 15 is 0 Å². The average molecular weight is 324 g/mol. The summed E-state index contributed by atoms with van der Waals surface area (Å²) in [5, 5.41) is 5.73. The maximum atomic E-state index is 12.7. The predicted octanol–water partition coefficient (Wildman–Crippen LogP) is 3.01. The van der Waals surface area contributed by atoms with Gasteiger partial charge in [0.2, 0.25) is 5.91 Å². The molecule has 0 saturated heterocycles. The number of hydrogen-bond acceptors (Lipinski definition) is 3. The van der Waals surface area contributed by atoms with Crippen molar-refractivity contribution in [1.82, 2.24) is 10.3 Å². The van der Waals surface area contributed by atoms with Crippen LogP contribution in [0.1, 0.15) is 30.5 Å². The zero-order chi connectivity index (χ0) is 17.1. The molecular weight excluding hydrogens is 304 g/mol. The molecule has 3 rings (SSSR count). The number of benzene rings is 1. The Kier molecular flexibility index (Phi) is 4.46. The van der Waals surface area contributed by atoms with Gasteiger partial charge in [0.15, 0.2) is 5.82 Å². The van der Waals surface area contributed by atoms with Gasteiger partial charge in [0.25, 0.3) is 0 Å². The number of carbonyl (C=O) groups excluding carboxylic acids is 2. The summed E-state index contributed by atoms with van der Waals surface area (Å²) in [6.45, 7) is 4.00. The number of nitrogens with one attached hydrogen (secondary N) is 2. The molecule has 1 aromatic carbocycles. The lowest BCUT2D eigenvalue weighted by Gasteiger charge is -2.29. The van der Waals surface area contributed by atoms with Crippen molar-refractivity contribution >= 4 is 23.4 Å². The third-order valence-electron chi connectivity index (χ3n) is 4.05. The number of aryl methyl sites for hydroxylation is 1. The summed E-state index contributed by atoms with van der Waals surface area (Å²) in [7, 11) is 0. The number of pyridine rings is 1. The van der Waals surface area contributed by atoms with Crippen molar-refractivity contribution < 1.29 is 9.59 Å². The van der Waals surface area contributed by atoms with Crippen molar-refractivity contribution in [3.05, 3.63) is 53.7 Å². The van der Waals surface area contributed by atoms with Crippen LogP contribution < -0.4 is 15.5 Å². The van der Waals surface area contributed by atoms with Crippen LogP contribution in [0.4, 0.5) is 16.3 Å². The second-order valence-corrected chi connectivity index (χ2v) is 5.83. The van der Waals surface area contributed by atoms with E-state index in [2.05, 4.69) is 15.6 Å². The first-order valence-corrected chi connectivity index (χ1v) is 7.98. The highest BCUT2D eigenvalue weighted by molar-refractivity contribution is 6.08. The topological polar surface area (TPSA) is 74.3 Å². The monoisotopic (exact) mass is 324 g/mol. The van der Waals surface area contributed by atoms with Crippen molar-refractivity contribution in [1.29, 1.82) is 0 Å². The third kappa shape index (κ3) is 3.22. The summed E-state index contributed by atoms with van der Waals surface area (Å²) >= 11 is 0. The van der Waals surface area contributed by atoms with Gasteiger partial charge in [-0.1, -0.05) is 36.8 Å². The van der Waals surface area contributed by atoms with Gasteiger partial charge in [0.1, 0.15) is 6.54 Å². The quantitative estimate of drug-likeness (QED) is 0.911. The molecule has 6 nitrogen and oxygen atoms in total. The smallest absolute Gasteiger partial charge is 0.324 e. The molecule has 3 amide bonds. The van der Waals surface area contributed by atoms with Crippen molar-refractivity contribution in [2.24, 2.45) is 0 Å². The van der Waals surface area contributed by atoms with Crippen LogP contribution in [0.25, 0.3) is 0 Å². The van der Waals surface area contributed by atoms with Crippen molar-refractivity contribution in [3.63, 3.8) is 0 Å². The van der Waals surface area contributed by atoms with E-state index in [0.29, 0.717) is 11.5 Å². The van der Waals surface area contributed by atoms with Gasteiger partial charge in [-0.2, -0.15) is 0 Å². The number of aromatic nitrogens is 1. The lowest BCUT2D eigenvalue weighted by Crippen LogP contribution is -2.48. The molecule has 0 fully saturated rings. The number of hydrogen-bond donors (Lipinski definition) is 2. The first kappa shape index (κ1) is 16.0. The SMILES string of the molecule is CCC(NC(=O)N1CC(=O)Nc2cccnc21)c1ccc(C)cc1. The number of nitrogens with zero attached hydrogens (tertiary/aromatic N) is 2. The van der Waals surface area contributed by atoms with E-state index in [4.69, 9.17) is 0 Å². The van der Waals surface area contributed by atoms with Crippen LogP contribution in [0.15, 0.2) is 42.6 Å². The molecule has 124 valence electrons. The van der Waals surface area contributed by atoms with Crippen LogP contribution in [0.2, 0.25) is 0 Å². The number of rotatable bonds is 3. The summed E-state index contributed by atoms with van der Waals surface area (Å²) in [5.41, 5.74) is 2.76. The summed E-state index contributed by atoms with van der Waals surface area (Å²) in [4.78, 5) is 30.2. The van der Waals surface area contributed by atoms with E-state index in [1.54, 1.807) is 18.3 Å². The Morgan fingerprint density at radius 1 is 1.33 bits per heavy atom. The Bertz CT molecular complexity index is 758. The number of urea groups is 1. The molecule has 1 aliphatic rings. The van der Waals surface area contributed by atoms with Gasteiger partial charge >= 0.3 is 6.03 Å². The van der Waals surface area contributed by atoms with Crippen LogP contribution in [0.5, 0.6) is 0 Å². The van der Waals surface area contributed by atoms with Crippen molar-refractivity contribution in [2.75, 3.05) is 16.8 Å². The first-order valence-electron chi connectivity index (χ1n) is 7.98. The second kappa shape index (κ2) is 6.70. The van der Waals surface area contributed by atoms with Crippen LogP contribution in [0, 0.1) is 6.92 Å². The number of carbonyl (C=O) groups is 2. The highest BCUT2D eigenvalue weighted by atomic mass is 16.2. The van der Waals surface area contributed by atoms with Gasteiger partial charge in [-0.15, -0.1) is 0 Å². The van der Waals surface area contributed by atoms with Gasteiger partial charge in [-0.25, -0.2) is 9.78 Å². The fourth-order valence-electron chi connectivity index (χ4n) is 2.73. The molecule has 0 radical (unpaired) electrons. The van der Waals surface area contributed by atoms with E-state index in [1.807, 2.05) is 38.1 Å². The van der Waals surface area contributed by atoms with E-state index in [0.717, 1.165) is 12.0 Å². The Labute approximate surface area is 140 Å². The largest absolute Gasteiger partial charge is 0.331 e. The summed E-state index contributed by atoms with van der Waals surface area (Å²) in [6, 6.07) is 11.1.